The number of hydrogen-bond donors (Lipinski definition) is 0. The minimum absolute atomic E-state index is 0.108. The number of benzene rings is 2. The van der Waals surface area contributed by atoms with Gasteiger partial charge in [-0.25, -0.2) is 0 Å². The maximum Gasteiger partial charge on any atom is 0.105 e. The lowest BCUT2D eigenvalue weighted by Gasteiger charge is -2.15. The Balaban J connectivity index is 1.89. The molecule has 0 aromatic heterocycles. The highest BCUT2D eigenvalue weighted by molar-refractivity contribution is 6.01. The molecule has 0 spiro atoms. The maximum atomic E-state index is 11.0. The van der Waals surface area contributed by atoms with E-state index in [0.717, 1.165) is 16.8 Å². The number of rotatable bonds is 3. The Hall–Kier alpha value is -2.49. The van der Waals surface area contributed by atoms with E-state index in [1.165, 1.54) is 10.7 Å². The molecule has 3 rings (SSSR count). The van der Waals surface area contributed by atoms with E-state index in [4.69, 9.17) is 0 Å². The molecule has 0 aliphatic carbocycles. The van der Waals surface area contributed by atoms with Gasteiger partial charge in [0.1, 0.15) is 6.04 Å². The van der Waals surface area contributed by atoms with Crippen molar-refractivity contribution < 1.29 is 0 Å². The predicted octanol–water partition coefficient (Wildman–Crippen LogP) is 3.83. The van der Waals surface area contributed by atoms with Crippen LogP contribution in [0.15, 0.2) is 65.0 Å². The van der Waals surface area contributed by atoms with Gasteiger partial charge in [0.15, 0.2) is 0 Å². The van der Waals surface area contributed by atoms with Crippen LogP contribution < -0.4 is 0 Å². The fraction of sp³-hybridized carbons (Fsp3) is 0.188. The smallest absolute Gasteiger partial charge is 0.105 e. The van der Waals surface area contributed by atoms with E-state index in [9.17, 15) is 4.91 Å². The number of hydrogen-bond acceptors (Lipinski definition) is 3. The van der Waals surface area contributed by atoms with Gasteiger partial charge in [0.2, 0.25) is 0 Å². The molecule has 0 radical (unpaired) electrons. The van der Waals surface area contributed by atoms with Gasteiger partial charge in [0.25, 0.3) is 0 Å². The highest BCUT2D eigenvalue weighted by atomic mass is 16.3. The second-order valence-corrected chi connectivity index (χ2v) is 4.95. The Morgan fingerprint density at radius 1 is 1.10 bits per heavy atom. The largest absolute Gasteiger partial charge is 0.156 e. The highest BCUT2D eigenvalue weighted by Gasteiger charge is 2.29. The third-order valence-electron chi connectivity index (χ3n) is 3.54. The van der Waals surface area contributed by atoms with Crippen molar-refractivity contribution in [3.05, 3.63) is 76.2 Å². The molecule has 0 amide bonds. The van der Waals surface area contributed by atoms with Gasteiger partial charge in [-0.05, 0) is 18.1 Å². The lowest BCUT2D eigenvalue weighted by Crippen LogP contribution is -2.12. The molecule has 2 aromatic rings. The average molecular weight is 265 g/mol. The summed E-state index contributed by atoms with van der Waals surface area (Å²) >= 11 is 0. The van der Waals surface area contributed by atoms with Crippen molar-refractivity contribution >= 4 is 5.71 Å². The van der Waals surface area contributed by atoms with Gasteiger partial charge in [-0.2, -0.15) is 5.10 Å². The Bertz CT molecular complexity index is 635. The topological polar surface area (TPSA) is 45.0 Å². The molecule has 100 valence electrons. The summed E-state index contributed by atoms with van der Waals surface area (Å²) in [6.45, 7) is 2.04. The zero-order valence-electron chi connectivity index (χ0n) is 11.2. The summed E-state index contributed by atoms with van der Waals surface area (Å²) in [5, 5.41) is 8.64. The molecular weight excluding hydrogens is 250 g/mol. The Labute approximate surface area is 117 Å². The van der Waals surface area contributed by atoms with Crippen LogP contribution in [0, 0.1) is 11.8 Å². The van der Waals surface area contributed by atoms with Crippen molar-refractivity contribution in [2.24, 2.45) is 10.4 Å². The standard InChI is InChI=1S/C16H15N3O/c1-12-7-9-14(10-8-12)16-11-15(17-19(16)18-20)13-5-3-2-4-6-13/h2-10,16H,11H2,1H3. The molecule has 0 N–H and O–H groups in total. The summed E-state index contributed by atoms with van der Waals surface area (Å²) in [5.41, 5.74) is 4.19. The Morgan fingerprint density at radius 3 is 2.45 bits per heavy atom. The normalized spacial score (nSPS) is 17.9. The van der Waals surface area contributed by atoms with E-state index in [0.29, 0.717) is 6.42 Å². The van der Waals surface area contributed by atoms with Crippen molar-refractivity contribution in [2.45, 2.75) is 19.4 Å². The second-order valence-electron chi connectivity index (χ2n) is 4.95. The summed E-state index contributed by atoms with van der Waals surface area (Å²) < 4.78 is 0. The summed E-state index contributed by atoms with van der Waals surface area (Å²) in [6.07, 6.45) is 0.693. The lowest BCUT2D eigenvalue weighted by molar-refractivity contribution is 0.241. The highest BCUT2D eigenvalue weighted by Crippen LogP contribution is 2.32. The molecule has 1 atom stereocenters. The molecule has 4 nitrogen and oxygen atoms in total. The molecule has 0 fully saturated rings. The molecule has 1 aliphatic rings. The molecule has 4 heteroatoms. The Morgan fingerprint density at radius 2 is 1.80 bits per heavy atom. The van der Waals surface area contributed by atoms with E-state index in [1.807, 2.05) is 61.5 Å². The SMILES string of the molecule is Cc1ccc(C2CC(c3ccccc3)=NN2N=O)cc1. The van der Waals surface area contributed by atoms with Crippen molar-refractivity contribution in [1.82, 2.24) is 5.12 Å². The molecule has 20 heavy (non-hydrogen) atoms. The molecule has 1 unspecified atom stereocenters. The summed E-state index contributed by atoms with van der Waals surface area (Å²) in [5.74, 6) is 0. The van der Waals surface area contributed by atoms with Gasteiger partial charge in [-0.1, -0.05) is 60.2 Å². The summed E-state index contributed by atoms with van der Waals surface area (Å²) in [4.78, 5) is 11.0. The summed E-state index contributed by atoms with van der Waals surface area (Å²) in [7, 11) is 0. The maximum absolute atomic E-state index is 11.0. The second kappa shape index (κ2) is 5.25. The molecule has 1 heterocycles. The zero-order valence-corrected chi connectivity index (χ0v) is 11.2. The first kappa shape index (κ1) is 12.5. The third-order valence-corrected chi connectivity index (χ3v) is 3.54. The van der Waals surface area contributed by atoms with Gasteiger partial charge < -0.3 is 0 Å². The third kappa shape index (κ3) is 2.32. The number of aryl methyl sites for hydroxylation is 1. The van der Waals surface area contributed by atoms with Crippen LogP contribution in [0.1, 0.15) is 29.2 Å². The number of hydrazone groups is 1. The molecule has 0 saturated heterocycles. The van der Waals surface area contributed by atoms with Gasteiger partial charge in [-0.3, -0.25) is 0 Å². The van der Waals surface area contributed by atoms with Crippen LogP contribution in [-0.4, -0.2) is 10.8 Å². The van der Waals surface area contributed by atoms with Crippen LogP contribution in [0.4, 0.5) is 0 Å². The molecule has 2 aromatic carbocycles. The Kier molecular flexibility index (Phi) is 3.29. The van der Waals surface area contributed by atoms with E-state index >= 15 is 0 Å². The molecule has 0 saturated carbocycles. The molecule has 0 bridgehead atoms. The monoisotopic (exact) mass is 265 g/mol. The first-order valence-electron chi connectivity index (χ1n) is 6.60. The predicted molar refractivity (Wildman–Crippen MR) is 79.2 cm³/mol. The van der Waals surface area contributed by atoms with Crippen LogP contribution in [0.3, 0.4) is 0 Å². The number of nitroso groups, excluding NO2 is 1. The quantitative estimate of drug-likeness (QED) is 0.792. The van der Waals surface area contributed by atoms with E-state index < -0.39 is 0 Å². The first-order chi connectivity index (χ1) is 9.78. The van der Waals surface area contributed by atoms with Crippen LogP contribution in [0.5, 0.6) is 0 Å². The average Bonchev–Trinajstić information content (AvgIpc) is 2.93. The van der Waals surface area contributed by atoms with Gasteiger partial charge in [0, 0.05) is 6.42 Å². The van der Waals surface area contributed by atoms with Gasteiger partial charge in [-0.15, -0.1) is 10.0 Å². The lowest BCUT2D eigenvalue weighted by atomic mass is 9.98. The fourth-order valence-corrected chi connectivity index (χ4v) is 2.42. The van der Waals surface area contributed by atoms with Gasteiger partial charge >= 0.3 is 0 Å². The minimum Gasteiger partial charge on any atom is -0.156 e. The van der Waals surface area contributed by atoms with E-state index in [2.05, 4.69) is 10.4 Å². The van der Waals surface area contributed by atoms with Crippen molar-refractivity contribution in [1.29, 1.82) is 0 Å². The van der Waals surface area contributed by atoms with E-state index in [1.54, 1.807) is 0 Å². The molecule has 1 aliphatic heterocycles. The van der Waals surface area contributed by atoms with E-state index in [-0.39, 0.29) is 6.04 Å². The zero-order chi connectivity index (χ0) is 13.9. The van der Waals surface area contributed by atoms with Crippen LogP contribution in [0.25, 0.3) is 0 Å². The summed E-state index contributed by atoms with van der Waals surface area (Å²) in [6, 6.07) is 17.9. The van der Waals surface area contributed by atoms with Crippen molar-refractivity contribution in [2.75, 3.05) is 0 Å². The van der Waals surface area contributed by atoms with Gasteiger partial charge in [0.05, 0.1) is 11.0 Å². The number of nitrogens with zero attached hydrogens (tertiary/aromatic N) is 3. The van der Waals surface area contributed by atoms with Crippen molar-refractivity contribution in [3.8, 4) is 0 Å². The van der Waals surface area contributed by atoms with Crippen LogP contribution in [-0.2, 0) is 0 Å². The minimum atomic E-state index is -0.108. The van der Waals surface area contributed by atoms with Crippen LogP contribution in [0.2, 0.25) is 0 Å². The van der Waals surface area contributed by atoms with Crippen LogP contribution >= 0.6 is 0 Å². The fourth-order valence-electron chi connectivity index (χ4n) is 2.42. The first-order valence-corrected chi connectivity index (χ1v) is 6.60. The van der Waals surface area contributed by atoms with Crippen molar-refractivity contribution in [3.63, 3.8) is 0 Å². The molecular formula is C16H15N3O.